The third kappa shape index (κ3) is 6.34. The van der Waals surface area contributed by atoms with E-state index in [2.05, 4.69) is 17.4 Å². The lowest BCUT2D eigenvalue weighted by Gasteiger charge is -2.10. The summed E-state index contributed by atoms with van der Waals surface area (Å²) in [6.07, 6.45) is 1.37. The minimum Gasteiger partial charge on any atom is -0.394 e. The highest BCUT2D eigenvalue weighted by molar-refractivity contribution is 7.99. The zero-order chi connectivity index (χ0) is 12.5. The molecule has 1 aromatic rings. The van der Waals surface area contributed by atoms with Crippen LogP contribution in [0, 0.1) is 0 Å². The number of amides is 1. The lowest BCUT2D eigenvalue weighted by Crippen LogP contribution is -2.34. The largest absolute Gasteiger partial charge is 0.394 e. The van der Waals surface area contributed by atoms with Gasteiger partial charge in [0.2, 0.25) is 5.91 Å². The number of hydrogen-bond acceptors (Lipinski definition) is 3. The van der Waals surface area contributed by atoms with Crippen LogP contribution in [0.25, 0.3) is 0 Å². The number of hydrogen-bond donors (Lipinski definition) is 2. The van der Waals surface area contributed by atoms with Crippen LogP contribution in [0.4, 0.5) is 0 Å². The van der Waals surface area contributed by atoms with Gasteiger partial charge in [0, 0.05) is 17.4 Å². The summed E-state index contributed by atoms with van der Waals surface area (Å²) in [4.78, 5) is 12.6. The molecule has 1 amide bonds. The van der Waals surface area contributed by atoms with Gasteiger partial charge in [0.1, 0.15) is 0 Å². The molecule has 2 N–H and O–H groups in total. The van der Waals surface area contributed by atoms with Crippen molar-refractivity contribution in [1.82, 2.24) is 5.32 Å². The molecule has 0 radical (unpaired) electrons. The smallest absolute Gasteiger partial charge is 0.220 e. The maximum absolute atomic E-state index is 11.4. The molecule has 0 aliphatic heterocycles. The first-order chi connectivity index (χ1) is 8.22. The van der Waals surface area contributed by atoms with Crippen LogP contribution in [0.5, 0.6) is 0 Å². The molecule has 3 nitrogen and oxygen atoms in total. The van der Waals surface area contributed by atoms with E-state index in [1.807, 2.05) is 18.2 Å². The zero-order valence-corrected chi connectivity index (χ0v) is 10.9. The summed E-state index contributed by atoms with van der Waals surface area (Å²) in [7, 11) is 0. The third-order valence-corrected chi connectivity index (χ3v) is 3.34. The van der Waals surface area contributed by atoms with Crippen molar-refractivity contribution in [1.29, 1.82) is 0 Å². The van der Waals surface area contributed by atoms with Gasteiger partial charge in [-0.1, -0.05) is 18.2 Å². The van der Waals surface area contributed by atoms with Crippen LogP contribution in [0.2, 0.25) is 0 Å². The Morgan fingerprint density at radius 1 is 1.41 bits per heavy atom. The topological polar surface area (TPSA) is 49.3 Å². The van der Waals surface area contributed by atoms with E-state index in [-0.39, 0.29) is 18.6 Å². The molecule has 0 aromatic heterocycles. The number of rotatable bonds is 7. The van der Waals surface area contributed by atoms with Gasteiger partial charge in [0.25, 0.3) is 0 Å². The molecule has 0 aliphatic rings. The standard InChI is InChI=1S/C13H19NO2S/c1-11(10-15)14-13(16)8-5-9-17-12-6-3-2-4-7-12/h2-4,6-7,11,15H,5,8-10H2,1H3,(H,14,16)/t11-/m1/s1. The highest BCUT2D eigenvalue weighted by atomic mass is 32.2. The molecular formula is C13H19NO2S. The first kappa shape index (κ1) is 14.1. The van der Waals surface area contributed by atoms with Crippen LogP contribution in [-0.4, -0.2) is 29.4 Å². The minimum absolute atomic E-state index is 0.00942. The Bertz CT molecular complexity index is 329. The van der Waals surface area contributed by atoms with Crippen LogP contribution in [0.15, 0.2) is 35.2 Å². The average Bonchev–Trinajstić information content (AvgIpc) is 2.36. The third-order valence-electron chi connectivity index (χ3n) is 2.24. The first-order valence-electron chi connectivity index (χ1n) is 5.80. The predicted octanol–water partition coefficient (Wildman–Crippen LogP) is 2.06. The monoisotopic (exact) mass is 253 g/mol. The summed E-state index contributed by atoms with van der Waals surface area (Å²) in [5, 5.41) is 11.5. The Balaban J connectivity index is 2.10. The summed E-state index contributed by atoms with van der Waals surface area (Å²) in [5.74, 6) is 0.950. The van der Waals surface area contributed by atoms with E-state index in [0.717, 1.165) is 12.2 Å². The van der Waals surface area contributed by atoms with Crippen molar-refractivity contribution in [3.8, 4) is 0 Å². The van der Waals surface area contributed by atoms with Crippen molar-refractivity contribution in [3.63, 3.8) is 0 Å². The van der Waals surface area contributed by atoms with Crippen molar-refractivity contribution in [3.05, 3.63) is 30.3 Å². The molecule has 17 heavy (non-hydrogen) atoms. The molecule has 0 spiro atoms. The summed E-state index contributed by atoms with van der Waals surface area (Å²) in [5.41, 5.74) is 0. The Morgan fingerprint density at radius 3 is 2.76 bits per heavy atom. The van der Waals surface area contributed by atoms with E-state index >= 15 is 0 Å². The number of nitrogens with one attached hydrogen (secondary N) is 1. The molecule has 94 valence electrons. The summed E-state index contributed by atoms with van der Waals surface area (Å²) >= 11 is 1.76. The molecule has 0 fully saturated rings. The molecule has 1 aromatic carbocycles. The van der Waals surface area contributed by atoms with Crippen LogP contribution in [-0.2, 0) is 4.79 Å². The predicted molar refractivity (Wildman–Crippen MR) is 71.1 cm³/mol. The fraction of sp³-hybridized carbons (Fsp3) is 0.462. The molecule has 1 atom stereocenters. The minimum atomic E-state index is -0.149. The molecule has 0 aliphatic carbocycles. The molecule has 0 saturated carbocycles. The number of benzene rings is 1. The number of aliphatic hydroxyl groups excluding tert-OH is 1. The van der Waals surface area contributed by atoms with Gasteiger partial charge < -0.3 is 10.4 Å². The molecule has 4 heteroatoms. The molecule has 0 heterocycles. The number of thioether (sulfide) groups is 1. The van der Waals surface area contributed by atoms with Gasteiger partial charge in [-0.3, -0.25) is 4.79 Å². The summed E-state index contributed by atoms with van der Waals surface area (Å²) < 4.78 is 0. The van der Waals surface area contributed by atoms with E-state index in [9.17, 15) is 4.79 Å². The van der Waals surface area contributed by atoms with Crippen molar-refractivity contribution >= 4 is 17.7 Å². The molecule has 0 saturated heterocycles. The number of carbonyl (C=O) groups is 1. The number of carbonyl (C=O) groups excluding carboxylic acids is 1. The average molecular weight is 253 g/mol. The van der Waals surface area contributed by atoms with Gasteiger partial charge in [-0.15, -0.1) is 11.8 Å². The lowest BCUT2D eigenvalue weighted by atomic mass is 10.3. The Hall–Kier alpha value is -1.00. The van der Waals surface area contributed by atoms with Crippen LogP contribution in [0.3, 0.4) is 0 Å². The fourth-order valence-electron chi connectivity index (χ4n) is 1.33. The van der Waals surface area contributed by atoms with Gasteiger partial charge in [0.05, 0.1) is 6.61 Å². The van der Waals surface area contributed by atoms with Crippen molar-refractivity contribution in [2.75, 3.05) is 12.4 Å². The van der Waals surface area contributed by atoms with Gasteiger partial charge in [-0.05, 0) is 31.2 Å². The second-order valence-electron chi connectivity index (χ2n) is 3.92. The quantitative estimate of drug-likeness (QED) is 0.577. The lowest BCUT2D eigenvalue weighted by molar-refractivity contribution is -0.121. The van der Waals surface area contributed by atoms with E-state index in [0.29, 0.717) is 6.42 Å². The van der Waals surface area contributed by atoms with Gasteiger partial charge >= 0.3 is 0 Å². The normalized spacial score (nSPS) is 12.1. The van der Waals surface area contributed by atoms with E-state index in [1.54, 1.807) is 18.7 Å². The maximum Gasteiger partial charge on any atom is 0.220 e. The highest BCUT2D eigenvalue weighted by Gasteiger charge is 2.05. The van der Waals surface area contributed by atoms with E-state index < -0.39 is 0 Å². The van der Waals surface area contributed by atoms with E-state index in [4.69, 9.17) is 5.11 Å². The second-order valence-corrected chi connectivity index (χ2v) is 5.08. The van der Waals surface area contributed by atoms with Crippen molar-refractivity contribution < 1.29 is 9.90 Å². The van der Waals surface area contributed by atoms with E-state index in [1.165, 1.54) is 4.90 Å². The second kappa shape index (κ2) is 8.14. The van der Waals surface area contributed by atoms with Gasteiger partial charge in [0.15, 0.2) is 0 Å². The highest BCUT2D eigenvalue weighted by Crippen LogP contribution is 2.18. The van der Waals surface area contributed by atoms with Crippen LogP contribution in [0.1, 0.15) is 19.8 Å². The van der Waals surface area contributed by atoms with Crippen LogP contribution >= 0.6 is 11.8 Å². The van der Waals surface area contributed by atoms with Crippen molar-refractivity contribution in [2.24, 2.45) is 0 Å². The maximum atomic E-state index is 11.4. The van der Waals surface area contributed by atoms with Crippen molar-refractivity contribution in [2.45, 2.75) is 30.7 Å². The molecule has 0 unspecified atom stereocenters. The Morgan fingerprint density at radius 2 is 2.12 bits per heavy atom. The van der Waals surface area contributed by atoms with Gasteiger partial charge in [-0.2, -0.15) is 0 Å². The number of aliphatic hydroxyl groups is 1. The Kier molecular flexibility index (Phi) is 6.74. The molecular weight excluding hydrogens is 234 g/mol. The molecule has 0 bridgehead atoms. The van der Waals surface area contributed by atoms with Crippen LogP contribution < -0.4 is 5.32 Å². The summed E-state index contributed by atoms with van der Waals surface area (Å²) in [6.45, 7) is 1.78. The SMILES string of the molecule is C[C@H](CO)NC(=O)CCCSc1ccccc1. The van der Waals surface area contributed by atoms with Gasteiger partial charge in [-0.25, -0.2) is 0 Å². The Labute approximate surface area is 107 Å². The summed E-state index contributed by atoms with van der Waals surface area (Å²) in [6, 6.07) is 10.0. The fourth-order valence-corrected chi connectivity index (χ4v) is 2.21. The molecule has 1 rings (SSSR count). The zero-order valence-electron chi connectivity index (χ0n) is 10.1. The first-order valence-corrected chi connectivity index (χ1v) is 6.79.